The van der Waals surface area contributed by atoms with Gasteiger partial charge in [0, 0.05) is 4.47 Å². The van der Waals surface area contributed by atoms with E-state index < -0.39 is 11.9 Å². The van der Waals surface area contributed by atoms with E-state index in [2.05, 4.69) is 15.9 Å². The second-order valence-corrected chi connectivity index (χ2v) is 3.66. The van der Waals surface area contributed by atoms with E-state index in [1.165, 1.54) is 0 Å². The molecule has 0 aliphatic rings. The average Bonchev–Trinajstić information content (AvgIpc) is 2.15. The maximum absolute atomic E-state index is 10.5. The van der Waals surface area contributed by atoms with Crippen LogP contribution in [0.5, 0.6) is 0 Å². The lowest BCUT2D eigenvalue weighted by Crippen LogP contribution is -2.04. The predicted octanol–water partition coefficient (Wildman–Crippen LogP) is 2.53. The van der Waals surface area contributed by atoms with Gasteiger partial charge in [-0.3, -0.25) is 4.79 Å². The monoisotopic (exact) mass is 253 g/mol. The van der Waals surface area contributed by atoms with Crippen molar-refractivity contribution in [1.82, 2.24) is 0 Å². The summed E-state index contributed by atoms with van der Waals surface area (Å²) in [5.41, 5.74) is 0.720. The van der Waals surface area contributed by atoms with Crippen LogP contribution in [-0.2, 0) is 4.79 Å². The Bertz CT molecular complexity index is 384. The Balaban J connectivity index is 2.96. The van der Waals surface area contributed by atoms with Gasteiger partial charge in [0.05, 0.1) is 18.4 Å². The molecule has 0 heterocycles. The number of rotatable bonds is 3. The summed E-state index contributed by atoms with van der Waals surface area (Å²) in [7, 11) is 0. The third-order valence-corrected chi connectivity index (χ3v) is 2.54. The van der Waals surface area contributed by atoms with Crippen LogP contribution >= 0.6 is 15.9 Å². The third-order valence-electron chi connectivity index (χ3n) is 1.82. The molecule has 0 radical (unpaired) electrons. The van der Waals surface area contributed by atoms with Crippen LogP contribution < -0.4 is 0 Å². The fourth-order valence-corrected chi connectivity index (χ4v) is 1.72. The average molecular weight is 254 g/mol. The van der Waals surface area contributed by atoms with Crippen LogP contribution in [0.1, 0.15) is 17.9 Å². The van der Waals surface area contributed by atoms with Crippen molar-refractivity contribution in [2.45, 2.75) is 12.3 Å². The summed E-state index contributed by atoms with van der Waals surface area (Å²) in [6.45, 7) is 0. The molecule has 0 aliphatic heterocycles. The molecule has 1 rings (SSSR count). The summed E-state index contributed by atoms with van der Waals surface area (Å²) in [6, 6.07) is 9.13. The van der Waals surface area contributed by atoms with Gasteiger partial charge in [-0.1, -0.05) is 34.1 Å². The minimum atomic E-state index is -0.965. The SMILES string of the molecule is N#CC(CC(=O)O)c1ccccc1Br. The zero-order valence-electron chi connectivity index (χ0n) is 7.27. The molecule has 0 aliphatic carbocycles. The number of nitriles is 1. The zero-order chi connectivity index (χ0) is 10.6. The molecule has 0 amide bonds. The normalized spacial score (nSPS) is 11.7. The number of hydrogen-bond acceptors (Lipinski definition) is 2. The highest BCUT2D eigenvalue weighted by atomic mass is 79.9. The van der Waals surface area contributed by atoms with E-state index in [1.54, 1.807) is 18.2 Å². The number of benzene rings is 1. The van der Waals surface area contributed by atoms with E-state index in [9.17, 15) is 4.79 Å². The summed E-state index contributed by atoms with van der Waals surface area (Å²) in [4.78, 5) is 10.5. The van der Waals surface area contributed by atoms with Crippen molar-refractivity contribution in [2.24, 2.45) is 0 Å². The molecule has 0 fully saturated rings. The maximum atomic E-state index is 10.5. The summed E-state index contributed by atoms with van der Waals surface area (Å²) in [5.74, 6) is -1.56. The van der Waals surface area contributed by atoms with Crippen LogP contribution in [0.2, 0.25) is 0 Å². The molecule has 0 saturated carbocycles. The van der Waals surface area contributed by atoms with Gasteiger partial charge in [-0.05, 0) is 11.6 Å². The number of aliphatic carboxylic acids is 1. The first-order valence-corrected chi connectivity index (χ1v) is 4.80. The lowest BCUT2D eigenvalue weighted by molar-refractivity contribution is -0.137. The first-order chi connectivity index (χ1) is 6.65. The highest BCUT2D eigenvalue weighted by Gasteiger charge is 2.16. The third kappa shape index (κ3) is 2.57. The Hall–Kier alpha value is -1.34. The second kappa shape index (κ2) is 4.77. The topological polar surface area (TPSA) is 61.1 Å². The molecule has 0 bridgehead atoms. The van der Waals surface area contributed by atoms with E-state index in [1.807, 2.05) is 12.1 Å². The van der Waals surface area contributed by atoms with Crippen molar-refractivity contribution in [2.75, 3.05) is 0 Å². The van der Waals surface area contributed by atoms with Gasteiger partial charge in [-0.2, -0.15) is 5.26 Å². The molecule has 1 atom stereocenters. The van der Waals surface area contributed by atoms with Crippen LogP contribution in [0.15, 0.2) is 28.7 Å². The smallest absolute Gasteiger partial charge is 0.305 e. The Morgan fingerprint density at radius 2 is 2.21 bits per heavy atom. The first kappa shape index (κ1) is 10.7. The Kier molecular flexibility index (Phi) is 3.66. The van der Waals surface area contributed by atoms with Crippen molar-refractivity contribution >= 4 is 21.9 Å². The summed E-state index contributed by atoms with van der Waals surface area (Å²) in [6.07, 6.45) is -0.168. The Morgan fingerprint density at radius 1 is 1.57 bits per heavy atom. The molecule has 3 nitrogen and oxygen atoms in total. The second-order valence-electron chi connectivity index (χ2n) is 2.80. The van der Waals surface area contributed by atoms with Gasteiger partial charge in [0.25, 0.3) is 0 Å². The number of nitrogens with zero attached hydrogens (tertiary/aromatic N) is 1. The summed E-state index contributed by atoms with van der Waals surface area (Å²) in [5, 5.41) is 17.4. The van der Waals surface area contributed by atoms with E-state index in [0.717, 1.165) is 10.0 Å². The van der Waals surface area contributed by atoms with E-state index in [-0.39, 0.29) is 6.42 Å². The van der Waals surface area contributed by atoms with Gasteiger partial charge in [0.15, 0.2) is 0 Å². The van der Waals surface area contributed by atoms with Crippen molar-refractivity contribution < 1.29 is 9.90 Å². The zero-order valence-corrected chi connectivity index (χ0v) is 8.86. The lowest BCUT2D eigenvalue weighted by atomic mass is 9.97. The van der Waals surface area contributed by atoms with Crippen LogP contribution in [0.25, 0.3) is 0 Å². The van der Waals surface area contributed by atoms with Gasteiger partial charge in [0.2, 0.25) is 0 Å². The molecule has 0 aromatic heterocycles. The number of halogens is 1. The number of carboxylic acids is 1. The van der Waals surface area contributed by atoms with E-state index in [4.69, 9.17) is 10.4 Å². The van der Waals surface area contributed by atoms with Crippen molar-refractivity contribution in [1.29, 1.82) is 5.26 Å². The van der Waals surface area contributed by atoms with Crippen LogP contribution in [0.3, 0.4) is 0 Å². The van der Waals surface area contributed by atoms with Crippen LogP contribution in [0.4, 0.5) is 0 Å². The molecule has 0 spiro atoms. The minimum absolute atomic E-state index is 0.168. The molecule has 1 N–H and O–H groups in total. The highest BCUT2D eigenvalue weighted by Crippen LogP contribution is 2.26. The quantitative estimate of drug-likeness (QED) is 0.901. The van der Waals surface area contributed by atoms with Crippen molar-refractivity contribution in [3.05, 3.63) is 34.3 Å². The Labute approximate surface area is 90.1 Å². The molecule has 0 saturated heterocycles. The molecule has 1 aromatic carbocycles. The molecule has 1 unspecified atom stereocenters. The molecule has 1 aromatic rings. The van der Waals surface area contributed by atoms with Gasteiger partial charge < -0.3 is 5.11 Å². The summed E-state index contributed by atoms with van der Waals surface area (Å²) >= 11 is 3.28. The maximum Gasteiger partial charge on any atom is 0.305 e. The fourth-order valence-electron chi connectivity index (χ4n) is 1.16. The van der Waals surface area contributed by atoms with Crippen molar-refractivity contribution in [3.63, 3.8) is 0 Å². The van der Waals surface area contributed by atoms with Gasteiger partial charge in [0.1, 0.15) is 0 Å². The highest BCUT2D eigenvalue weighted by molar-refractivity contribution is 9.10. The van der Waals surface area contributed by atoms with Crippen molar-refractivity contribution in [3.8, 4) is 6.07 Å². The number of carboxylic acid groups (broad SMARTS) is 1. The Morgan fingerprint density at radius 3 is 2.71 bits per heavy atom. The minimum Gasteiger partial charge on any atom is -0.481 e. The number of hydrogen-bond donors (Lipinski definition) is 1. The summed E-state index contributed by atoms with van der Waals surface area (Å²) < 4.78 is 0.771. The number of carbonyl (C=O) groups is 1. The largest absolute Gasteiger partial charge is 0.481 e. The first-order valence-electron chi connectivity index (χ1n) is 4.01. The molecule has 4 heteroatoms. The van der Waals surface area contributed by atoms with E-state index in [0.29, 0.717) is 0 Å². The lowest BCUT2D eigenvalue weighted by Gasteiger charge is -2.08. The van der Waals surface area contributed by atoms with Gasteiger partial charge in [-0.25, -0.2) is 0 Å². The predicted molar refractivity (Wildman–Crippen MR) is 54.7 cm³/mol. The van der Waals surface area contributed by atoms with Crippen LogP contribution in [-0.4, -0.2) is 11.1 Å². The molecular weight excluding hydrogens is 246 g/mol. The molecule has 14 heavy (non-hydrogen) atoms. The standard InChI is InChI=1S/C10H8BrNO2/c11-9-4-2-1-3-8(9)7(6-12)5-10(13)14/h1-4,7H,5H2,(H,13,14). The molecule has 72 valence electrons. The van der Waals surface area contributed by atoms with Gasteiger partial charge >= 0.3 is 5.97 Å². The van der Waals surface area contributed by atoms with E-state index >= 15 is 0 Å². The molecular formula is C10H8BrNO2. The fraction of sp³-hybridized carbons (Fsp3) is 0.200. The van der Waals surface area contributed by atoms with Gasteiger partial charge in [-0.15, -0.1) is 0 Å². The van der Waals surface area contributed by atoms with Crippen LogP contribution in [0, 0.1) is 11.3 Å².